The van der Waals surface area contributed by atoms with Crippen LogP contribution in [-0.2, 0) is 6.54 Å². The molecule has 0 unspecified atom stereocenters. The maximum absolute atomic E-state index is 10.9. The first-order valence-electron chi connectivity index (χ1n) is 5.49. The molecule has 0 saturated carbocycles. The fraction of sp³-hybridized carbons (Fsp3) is 0.0909. The summed E-state index contributed by atoms with van der Waals surface area (Å²) in [4.78, 5) is 27.7. The van der Waals surface area contributed by atoms with Crippen LogP contribution in [0.3, 0.4) is 0 Å². The lowest BCUT2D eigenvalue weighted by Crippen LogP contribution is -2.05. The van der Waals surface area contributed by atoms with E-state index in [-0.39, 0.29) is 12.4 Å². The Morgan fingerprint density at radius 3 is 2.60 bits per heavy atom. The number of hydrogen-bond donors (Lipinski definition) is 1. The molecular formula is C11H9N5O4. The summed E-state index contributed by atoms with van der Waals surface area (Å²) in [5.41, 5.74) is -0.0614. The second kappa shape index (κ2) is 5.69. The molecule has 2 rings (SSSR count). The van der Waals surface area contributed by atoms with Crippen LogP contribution in [0.1, 0.15) is 5.56 Å². The summed E-state index contributed by atoms with van der Waals surface area (Å²) >= 11 is 0. The quantitative estimate of drug-likeness (QED) is 0.652. The van der Waals surface area contributed by atoms with Gasteiger partial charge in [0, 0.05) is 18.9 Å². The molecule has 2 heterocycles. The molecule has 9 nitrogen and oxygen atoms in total. The molecule has 0 bridgehead atoms. The zero-order valence-electron chi connectivity index (χ0n) is 10.1. The maximum atomic E-state index is 10.9. The van der Waals surface area contributed by atoms with Gasteiger partial charge in [-0.1, -0.05) is 6.07 Å². The van der Waals surface area contributed by atoms with E-state index >= 15 is 0 Å². The Balaban J connectivity index is 2.23. The van der Waals surface area contributed by atoms with Gasteiger partial charge in [-0.05, 0) is 11.6 Å². The molecule has 0 aromatic carbocycles. The second-order valence-electron chi connectivity index (χ2n) is 3.79. The maximum Gasteiger partial charge on any atom is 0.318 e. The van der Waals surface area contributed by atoms with Gasteiger partial charge in [0.25, 0.3) is 5.69 Å². The standard InChI is InChI=1S/C11H9N5O4/c17-15(18)9-4-10(16(19)20)11(14-7-9)13-6-8-2-1-3-12-5-8/h1-5,7H,6H2,(H,13,14). The van der Waals surface area contributed by atoms with Gasteiger partial charge in [0.1, 0.15) is 6.20 Å². The molecule has 9 heteroatoms. The number of anilines is 1. The molecule has 0 fully saturated rings. The van der Waals surface area contributed by atoms with Crippen molar-refractivity contribution in [2.75, 3.05) is 5.32 Å². The van der Waals surface area contributed by atoms with E-state index < -0.39 is 21.2 Å². The van der Waals surface area contributed by atoms with E-state index in [0.717, 1.165) is 17.8 Å². The molecule has 0 aliphatic rings. The Morgan fingerprint density at radius 2 is 2.00 bits per heavy atom. The van der Waals surface area contributed by atoms with E-state index in [1.165, 1.54) is 0 Å². The van der Waals surface area contributed by atoms with Crippen molar-refractivity contribution in [1.29, 1.82) is 0 Å². The lowest BCUT2D eigenvalue weighted by atomic mass is 10.3. The molecule has 102 valence electrons. The van der Waals surface area contributed by atoms with Crippen LogP contribution in [0.4, 0.5) is 17.2 Å². The SMILES string of the molecule is O=[N+]([O-])c1cnc(NCc2cccnc2)c([N+](=O)[O-])c1. The average molecular weight is 275 g/mol. The topological polar surface area (TPSA) is 124 Å². The number of pyridine rings is 2. The van der Waals surface area contributed by atoms with E-state index in [4.69, 9.17) is 0 Å². The minimum atomic E-state index is -0.731. The van der Waals surface area contributed by atoms with Crippen LogP contribution in [0.15, 0.2) is 36.8 Å². The number of rotatable bonds is 5. The first-order chi connectivity index (χ1) is 9.58. The van der Waals surface area contributed by atoms with Crippen LogP contribution in [0.5, 0.6) is 0 Å². The zero-order chi connectivity index (χ0) is 14.5. The Labute approximate surface area is 112 Å². The summed E-state index contributed by atoms with van der Waals surface area (Å²) < 4.78 is 0. The highest BCUT2D eigenvalue weighted by molar-refractivity contribution is 5.59. The van der Waals surface area contributed by atoms with Crippen LogP contribution < -0.4 is 5.32 Å². The summed E-state index contributed by atoms with van der Waals surface area (Å²) in [6.07, 6.45) is 4.18. The molecular weight excluding hydrogens is 266 g/mol. The van der Waals surface area contributed by atoms with Gasteiger partial charge in [-0.15, -0.1) is 0 Å². The number of nitro groups is 2. The van der Waals surface area contributed by atoms with Gasteiger partial charge in [0.2, 0.25) is 5.82 Å². The minimum Gasteiger partial charge on any atom is -0.360 e. The Morgan fingerprint density at radius 1 is 1.20 bits per heavy atom. The van der Waals surface area contributed by atoms with Crippen molar-refractivity contribution >= 4 is 17.2 Å². The molecule has 1 N–H and O–H groups in total. The van der Waals surface area contributed by atoms with Crippen LogP contribution in [0, 0.1) is 20.2 Å². The fourth-order valence-corrected chi connectivity index (χ4v) is 1.51. The summed E-state index contributed by atoms with van der Waals surface area (Å²) in [7, 11) is 0. The summed E-state index contributed by atoms with van der Waals surface area (Å²) in [6, 6.07) is 4.39. The predicted octanol–water partition coefficient (Wildman–Crippen LogP) is 1.91. The fourth-order valence-electron chi connectivity index (χ4n) is 1.51. The van der Waals surface area contributed by atoms with Gasteiger partial charge < -0.3 is 5.32 Å². The largest absolute Gasteiger partial charge is 0.360 e. The Kier molecular flexibility index (Phi) is 3.80. The molecule has 0 saturated heterocycles. The normalized spacial score (nSPS) is 10.0. The molecule has 0 radical (unpaired) electrons. The zero-order valence-corrected chi connectivity index (χ0v) is 10.1. The van der Waals surface area contributed by atoms with Gasteiger partial charge in [0.15, 0.2) is 0 Å². The van der Waals surface area contributed by atoms with Crippen molar-refractivity contribution in [1.82, 2.24) is 9.97 Å². The van der Waals surface area contributed by atoms with E-state index in [1.807, 2.05) is 0 Å². The summed E-state index contributed by atoms with van der Waals surface area (Å²) in [5, 5.41) is 24.2. The molecule has 0 aliphatic carbocycles. The summed E-state index contributed by atoms with van der Waals surface area (Å²) in [5.74, 6) is -0.0237. The van der Waals surface area contributed by atoms with Crippen LogP contribution in [0.25, 0.3) is 0 Å². The molecule has 0 atom stereocenters. The van der Waals surface area contributed by atoms with Crippen molar-refractivity contribution in [3.8, 4) is 0 Å². The van der Waals surface area contributed by atoms with Crippen molar-refractivity contribution in [3.63, 3.8) is 0 Å². The second-order valence-corrected chi connectivity index (χ2v) is 3.79. The van der Waals surface area contributed by atoms with Crippen LogP contribution >= 0.6 is 0 Å². The van der Waals surface area contributed by atoms with Gasteiger partial charge >= 0.3 is 5.69 Å². The molecule has 0 aliphatic heterocycles. The summed E-state index contributed by atoms with van der Waals surface area (Å²) in [6.45, 7) is 0.277. The molecule has 0 spiro atoms. The molecule has 20 heavy (non-hydrogen) atoms. The average Bonchev–Trinajstić information content (AvgIpc) is 2.45. The minimum absolute atomic E-state index is 0.0237. The number of hydrogen-bond acceptors (Lipinski definition) is 7. The van der Waals surface area contributed by atoms with Crippen molar-refractivity contribution in [2.45, 2.75) is 6.54 Å². The lowest BCUT2D eigenvalue weighted by Gasteiger charge is -2.05. The third-order valence-electron chi connectivity index (χ3n) is 2.44. The lowest BCUT2D eigenvalue weighted by molar-refractivity contribution is -0.394. The van der Waals surface area contributed by atoms with E-state index in [1.54, 1.807) is 24.5 Å². The van der Waals surface area contributed by atoms with E-state index in [2.05, 4.69) is 15.3 Å². The smallest absolute Gasteiger partial charge is 0.318 e. The van der Waals surface area contributed by atoms with Crippen molar-refractivity contribution < 1.29 is 9.85 Å². The highest BCUT2D eigenvalue weighted by Gasteiger charge is 2.20. The predicted molar refractivity (Wildman–Crippen MR) is 69.1 cm³/mol. The van der Waals surface area contributed by atoms with Crippen molar-refractivity contribution in [2.24, 2.45) is 0 Å². The van der Waals surface area contributed by atoms with Crippen LogP contribution in [0.2, 0.25) is 0 Å². The van der Waals surface area contributed by atoms with Gasteiger partial charge in [-0.2, -0.15) is 0 Å². The first-order valence-corrected chi connectivity index (χ1v) is 5.49. The van der Waals surface area contributed by atoms with Crippen LogP contribution in [-0.4, -0.2) is 19.8 Å². The Bertz CT molecular complexity index is 647. The van der Waals surface area contributed by atoms with Gasteiger partial charge in [-0.25, -0.2) is 4.98 Å². The van der Waals surface area contributed by atoms with Gasteiger partial charge in [0.05, 0.1) is 15.9 Å². The van der Waals surface area contributed by atoms with Gasteiger partial charge in [-0.3, -0.25) is 25.2 Å². The number of aromatic nitrogens is 2. The van der Waals surface area contributed by atoms with Crippen molar-refractivity contribution in [3.05, 3.63) is 62.6 Å². The first kappa shape index (κ1) is 13.3. The van der Waals surface area contributed by atoms with E-state index in [9.17, 15) is 20.2 Å². The monoisotopic (exact) mass is 275 g/mol. The number of nitrogens with one attached hydrogen (secondary N) is 1. The molecule has 0 amide bonds. The third kappa shape index (κ3) is 3.02. The van der Waals surface area contributed by atoms with E-state index in [0.29, 0.717) is 0 Å². The third-order valence-corrected chi connectivity index (χ3v) is 2.44. The molecule has 2 aromatic heterocycles. The Hall–Kier alpha value is -3.10. The number of nitrogens with zero attached hydrogens (tertiary/aromatic N) is 4. The highest BCUT2D eigenvalue weighted by Crippen LogP contribution is 2.26. The highest BCUT2D eigenvalue weighted by atomic mass is 16.6. The molecule has 2 aromatic rings.